The molecule has 20 heavy (non-hydrogen) atoms. The van der Waals surface area contributed by atoms with Gasteiger partial charge < -0.3 is 24.3 Å². The van der Waals surface area contributed by atoms with E-state index in [-0.39, 0.29) is 0 Å². The number of hydrogen-bond acceptors (Lipinski definition) is 5. The molecular formula is C15H25NO4. The van der Waals surface area contributed by atoms with Crippen LogP contribution in [0.1, 0.15) is 12.5 Å². The summed E-state index contributed by atoms with van der Waals surface area (Å²) in [4.78, 5) is 0. The first kappa shape index (κ1) is 16.8. The lowest BCUT2D eigenvalue weighted by Crippen LogP contribution is -2.19. The van der Waals surface area contributed by atoms with Gasteiger partial charge in [-0.1, -0.05) is 6.07 Å². The Labute approximate surface area is 121 Å². The molecule has 0 spiro atoms. The summed E-state index contributed by atoms with van der Waals surface area (Å²) in [7, 11) is 3.34. The first-order valence-corrected chi connectivity index (χ1v) is 6.89. The molecule has 5 nitrogen and oxygen atoms in total. The minimum atomic E-state index is 0.534. The molecule has 0 unspecified atom stereocenters. The summed E-state index contributed by atoms with van der Waals surface area (Å²) in [6, 6.07) is 5.84. The number of methoxy groups -OCH3 is 2. The van der Waals surface area contributed by atoms with Crippen molar-refractivity contribution in [1.29, 1.82) is 0 Å². The minimum Gasteiger partial charge on any atom is -0.497 e. The second-order valence-electron chi connectivity index (χ2n) is 4.19. The Balaban J connectivity index is 2.56. The Morgan fingerprint density at radius 3 is 2.65 bits per heavy atom. The highest BCUT2D eigenvalue weighted by Crippen LogP contribution is 2.24. The highest BCUT2D eigenvalue weighted by Gasteiger charge is 2.06. The Kier molecular flexibility index (Phi) is 8.78. The molecule has 0 bridgehead atoms. The average Bonchev–Trinajstić information content (AvgIpc) is 2.49. The van der Waals surface area contributed by atoms with Crippen molar-refractivity contribution < 1.29 is 18.9 Å². The molecule has 0 amide bonds. The molecule has 0 saturated carbocycles. The number of hydrogen-bond donors (Lipinski definition) is 1. The van der Waals surface area contributed by atoms with Gasteiger partial charge in [-0.25, -0.2) is 0 Å². The maximum atomic E-state index is 5.76. The number of ether oxygens (including phenoxy) is 4. The fraction of sp³-hybridized carbons (Fsp3) is 0.600. The first-order chi connectivity index (χ1) is 9.81. The second-order valence-corrected chi connectivity index (χ2v) is 4.19. The topological polar surface area (TPSA) is 49.0 Å². The van der Waals surface area contributed by atoms with Crippen molar-refractivity contribution in [3.8, 4) is 11.5 Å². The molecule has 0 atom stereocenters. The van der Waals surface area contributed by atoms with Gasteiger partial charge in [0.2, 0.25) is 0 Å². The zero-order valence-corrected chi connectivity index (χ0v) is 12.6. The molecule has 1 aromatic carbocycles. The Bertz CT molecular complexity index is 371. The summed E-state index contributed by atoms with van der Waals surface area (Å²) in [6.45, 7) is 6.02. The summed E-state index contributed by atoms with van der Waals surface area (Å²) in [6.07, 6.45) is 0. The lowest BCUT2D eigenvalue weighted by Gasteiger charge is -2.13. The molecule has 0 fully saturated rings. The van der Waals surface area contributed by atoms with Crippen LogP contribution in [0.4, 0.5) is 0 Å². The van der Waals surface area contributed by atoms with Gasteiger partial charge in [0.1, 0.15) is 18.1 Å². The lowest BCUT2D eigenvalue weighted by molar-refractivity contribution is 0.109. The second kappa shape index (κ2) is 10.5. The van der Waals surface area contributed by atoms with Crippen molar-refractivity contribution in [2.75, 3.05) is 47.2 Å². The summed E-state index contributed by atoms with van der Waals surface area (Å²) in [5, 5.41) is 3.30. The van der Waals surface area contributed by atoms with Crippen LogP contribution in [-0.2, 0) is 16.0 Å². The molecule has 0 aromatic heterocycles. The van der Waals surface area contributed by atoms with E-state index < -0.39 is 0 Å². The van der Waals surface area contributed by atoms with E-state index in [1.165, 1.54) is 0 Å². The largest absolute Gasteiger partial charge is 0.497 e. The molecule has 0 aliphatic carbocycles. The van der Waals surface area contributed by atoms with E-state index in [2.05, 4.69) is 5.32 Å². The van der Waals surface area contributed by atoms with Crippen LogP contribution in [0.25, 0.3) is 0 Å². The molecule has 0 aliphatic rings. The van der Waals surface area contributed by atoms with Gasteiger partial charge in [-0.2, -0.15) is 0 Å². The van der Waals surface area contributed by atoms with Gasteiger partial charge in [0.25, 0.3) is 0 Å². The molecular weight excluding hydrogens is 258 g/mol. The quantitative estimate of drug-likeness (QED) is 0.628. The van der Waals surface area contributed by atoms with Crippen LogP contribution in [0.5, 0.6) is 11.5 Å². The zero-order valence-electron chi connectivity index (χ0n) is 12.6. The minimum absolute atomic E-state index is 0.534. The molecule has 5 heteroatoms. The molecule has 0 saturated heterocycles. The van der Waals surface area contributed by atoms with Gasteiger partial charge in [0.15, 0.2) is 0 Å². The molecule has 1 aromatic rings. The van der Waals surface area contributed by atoms with Gasteiger partial charge in [0.05, 0.1) is 20.3 Å². The van der Waals surface area contributed by atoms with Gasteiger partial charge in [-0.15, -0.1) is 0 Å². The van der Waals surface area contributed by atoms with Crippen molar-refractivity contribution in [1.82, 2.24) is 5.32 Å². The molecule has 114 valence electrons. The average molecular weight is 283 g/mol. The summed E-state index contributed by atoms with van der Waals surface area (Å²) in [5.74, 6) is 1.62. The number of rotatable bonds is 11. The highest BCUT2D eigenvalue weighted by atomic mass is 16.5. The van der Waals surface area contributed by atoms with E-state index in [4.69, 9.17) is 18.9 Å². The third-order valence-electron chi connectivity index (χ3n) is 2.76. The predicted octanol–water partition coefficient (Wildman–Crippen LogP) is 1.85. The SMILES string of the molecule is CCOCCOc1cc(OC)ccc1CNCCOC. The predicted molar refractivity (Wildman–Crippen MR) is 78.6 cm³/mol. The third kappa shape index (κ3) is 6.23. The number of benzene rings is 1. The lowest BCUT2D eigenvalue weighted by atomic mass is 10.2. The van der Waals surface area contributed by atoms with E-state index in [0.29, 0.717) is 26.4 Å². The van der Waals surface area contributed by atoms with Crippen LogP contribution in [0.2, 0.25) is 0 Å². The van der Waals surface area contributed by atoms with Crippen LogP contribution >= 0.6 is 0 Å². The van der Waals surface area contributed by atoms with Gasteiger partial charge >= 0.3 is 0 Å². The monoisotopic (exact) mass is 283 g/mol. The zero-order chi connectivity index (χ0) is 14.6. The van der Waals surface area contributed by atoms with Crippen molar-refractivity contribution in [2.24, 2.45) is 0 Å². The van der Waals surface area contributed by atoms with Crippen molar-refractivity contribution in [3.63, 3.8) is 0 Å². The van der Waals surface area contributed by atoms with Crippen molar-refractivity contribution in [3.05, 3.63) is 23.8 Å². The number of nitrogens with one attached hydrogen (secondary N) is 1. The summed E-state index contributed by atoms with van der Waals surface area (Å²) >= 11 is 0. The molecule has 1 N–H and O–H groups in total. The molecule has 0 radical (unpaired) electrons. The Morgan fingerprint density at radius 2 is 1.95 bits per heavy atom. The van der Waals surface area contributed by atoms with Gasteiger partial charge in [0, 0.05) is 38.4 Å². The van der Waals surface area contributed by atoms with Crippen LogP contribution in [-0.4, -0.2) is 47.2 Å². The highest BCUT2D eigenvalue weighted by molar-refractivity contribution is 5.40. The first-order valence-electron chi connectivity index (χ1n) is 6.89. The molecule has 0 heterocycles. The fourth-order valence-electron chi connectivity index (χ4n) is 1.69. The summed E-state index contributed by atoms with van der Waals surface area (Å²) < 4.78 is 21.3. The van der Waals surface area contributed by atoms with E-state index in [1.54, 1.807) is 14.2 Å². The van der Waals surface area contributed by atoms with Crippen LogP contribution in [0, 0.1) is 0 Å². The van der Waals surface area contributed by atoms with E-state index >= 15 is 0 Å². The van der Waals surface area contributed by atoms with Gasteiger partial charge in [-0.3, -0.25) is 0 Å². The Hall–Kier alpha value is -1.30. The molecule has 0 aliphatic heterocycles. The van der Waals surface area contributed by atoms with E-state index in [0.717, 1.165) is 30.2 Å². The smallest absolute Gasteiger partial charge is 0.127 e. The van der Waals surface area contributed by atoms with E-state index in [9.17, 15) is 0 Å². The van der Waals surface area contributed by atoms with Crippen molar-refractivity contribution in [2.45, 2.75) is 13.5 Å². The van der Waals surface area contributed by atoms with Gasteiger partial charge in [-0.05, 0) is 13.0 Å². The Morgan fingerprint density at radius 1 is 1.10 bits per heavy atom. The van der Waals surface area contributed by atoms with E-state index in [1.807, 2.05) is 25.1 Å². The maximum Gasteiger partial charge on any atom is 0.127 e. The molecule has 1 rings (SSSR count). The van der Waals surface area contributed by atoms with Crippen LogP contribution in [0.3, 0.4) is 0 Å². The fourth-order valence-corrected chi connectivity index (χ4v) is 1.69. The normalized spacial score (nSPS) is 10.6. The van der Waals surface area contributed by atoms with Crippen molar-refractivity contribution >= 4 is 0 Å². The van der Waals surface area contributed by atoms with Crippen LogP contribution in [0.15, 0.2) is 18.2 Å². The standard InChI is InChI=1S/C15H25NO4/c1-4-19-9-10-20-15-11-14(18-3)6-5-13(15)12-16-7-8-17-2/h5-6,11,16H,4,7-10,12H2,1-3H3. The van der Waals surface area contributed by atoms with Crippen LogP contribution < -0.4 is 14.8 Å². The maximum absolute atomic E-state index is 5.76. The summed E-state index contributed by atoms with van der Waals surface area (Å²) in [5.41, 5.74) is 1.10. The third-order valence-corrected chi connectivity index (χ3v) is 2.76.